The second-order valence-corrected chi connectivity index (χ2v) is 9.27. The summed E-state index contributed by atoms with van der Waals surface area (Å²) >= 11 is 7.86. The van der Waals surface area contributed by atoms with E-state index in [-0.39, 0.29) is 5.91 Å². The van der Waals surface area contributed by atoms with Crippen molar-refractivity contribution in [3.05, 3.63) is 87.8 Å². The Hall–Kier alpha value is -3.88. The third-order valence-corrected chi connectivity index (χ3v) is 6.29. The molecule has 190 valence electrons. The quantitative estimate of drug-likeness (QED) is 0.168. The molecule has 4 rings (SSSR count). The summed E-state index contributed by atoms with van der Waals surface area (Å²) < 4.78 is 11.2. The molecule has 3 aromatic carbocycles. The van der Waals surface area contributed by atoms with Crippen molar-refractivity contribution >= 4 is 45.9 Å². The fourth-order valence-electron chi connectivity index (χ4n) is 3.46. The number of carbonyl (C=O) groups excluding carboxylic acids is 1. The first-order chi connectivity index (χ1) is 18.0. The van der Waals surface area contributed by atoms with Crippen LogP contribution in [0.15, 0.2) is 71.1 Å². The molecule has 0 aliphatic heterocycles. The Morgan fingerprint density at radius 1 is 1.05 bits per heavy atom. The minimum Gasteiger partial charge on any atom is -0.490 e. The van der Waals surface area contributed by atoms with E-state index in [1.807, 2.05) is 43.5 Å². The lowest BCUT2D eigenvalue weighted by Crippen LogP contribution is -2.17. The molecule has 9 heteroatoms. The third kappa shape index (κ3) is 6.87. The molecule has 37 heavy (non-hydrogen) atoms. The average molecular weight is 535 g/mol. The van der Waals surface area contributed by atoms with Crippen molar-refractivity contribution in [3.63, 3.8) is 0 Å². The zero-order valence-corrected chi connectivity index (χ0v) is 22.3. The number of nitrogens with one attached hydrogen (secondary N) is 2. The zero-order valence-electron chi connectivity index (χ0n) is 20.7. The van der Waals surface area contributed by atoms with E-state index in [0.717, 1.165) is 22.1 Å². The van der Waals surface area contributed by atoms with Crippen molar-refractivity contribution < 1.29 is 14.3 Å². The molecule has 0 spiro atoms. The van der Waals surface area contributed by atoms with Gasteiger partial charge in [-0.15, -0.1) is 11.3 Å². The molecule has 0 saturated heterocycles. The summed E-state index contributed by atoms with van der Waals surface area (Å²) in [4.78, 5) is 17.2. The van der Waals surface area contributed by atoms with Crippen LogP contribution >= 0.6 is 22.9 Å². The Balaban J connectivity index is 1.38. The van der Waals surface area contributed by atoms with Gasteiger partial charge in [0, 0.05) is 22.2 Å². The summed E-state index contributed by atoms with van der Waals surface area (Å²) in [7, 11) is 0. The van der Waals surface area contributed by atoms with Gasteiger partial charge in [-0.3, -0.25) is 4.79 Å². The van der Waals surface area contributed by atoms with E-state index < -0.39 is 0 Å². The number of halogens is 1. The van der Waals surface area contributed by atoms with Crippen LogP contribution in [-0.2, 0) is 0 Å². The number of hydrazone groups is 1. The first-order valence-electron chi connectivity index (χ1n) is 11.8. The first kappa shape index (κ1) is 26.2. The maximum Gasteiger partial charge on any atom is 0.271 e. The number of rotatable bonds is 10. The van der Waals surface area contributed by atoms with Crippen molar-refractivity contribution in [1.29, 1.82) is 0 Å². The summed E-state index contributed by atoms with van der Waals surface area (Å²) in [5.41, 5.74) is 7.64. The van der Waals surface area contributed by atoms with Crippen LogP contribution in [0.2, 0.25) is 5.02 Å². The molecule has 2 N–H and O–H groups in total. The highest BCUT2D eigenvalue weighted by Crippen LogP contribution is 2.36. The molecule has 0 atom stereocenters. The highest BCUT2D eigenvalue weighted by Gasteiger charge is 2.12. The van der Waals surface area contributed by atoms with E-state index in [1.165, 1.54) is 23.1 Å². The van der Waals surface area contributed by atoms with Crippen LogP contribution in [0.4, 0.5) is 10.8 Å². The molecule has 1 heterocycles. The molecule has 0 radical (unpaired) electrons. The maximum absolute atomic E-state index is 12.6. The fraction of sp³-hybridized carbons (Fsp3) is 0.179. The number of aromatic nitrogens is 1. The van der Waals surface area contributed by atoms with Gasteiger partial charge in [0.25, 0.3) is 5.91 Å². The van der Waals surface area contributed by atoms with Gasteiger partial charge in [0.15, 0.2) is 16.6 Å². The largest absolute Gasteiger partial charge is 0.490 e. The van der Waals surface area contributed by atoms with E-state index in [1.54, 1.807) is 24.3 Å². The molecule has 1 amide bonds. The fourth-order valence-corrected chi connectivity index (χ4v) is 4.47. The molecular formula is C28H27ClN4O3S. The van der Waals surface area contributed by atoms with Gasteiger partial charge in [0.05, 0.1) is 30.1 Å². The van der Waals surface area contributed by atoms with E-state index in [9.17, 15) is 4.79 Å². The lowest BCUT2D eigenvalue weighted by Gasteiger charge is -2.13. The Morgan fingerprint density at radius 3 is 2.49 bits per heavy atom. The Bertz CT molecular complexity index is 1390. The molecule has 0 saturated carbocycles. The molecule has 0 unspecified atom stereocenters. The number of hydrogen-bond donors (Lipinski definition) is 2. The summed E-state index contributed by atoms with van der Waals surface area (Å²) in [5.74, 6) is 0.690. The first-order valence-corrected chi connectivity index (χ1v) is 13.0. The number of amides is 1. The van der Waals surface area contributed by atoms with Crippen molar-refractivity contribution in [2.24, 2.45) is 5.10 Å². The lowest BCUT2D eigenvalue weighted by atomic mass is 10.1. The van der Waals surface area contributed by atoms with Gasteiger partial charge >= 0.3 is 0 Å². The number of hydrogen-bond acceptors (Lipinski definition) is 7. The summed E-state index contributed by atoms with van der Waals surface area (Å²) in [6.45, 7) is 6.75. The van der Waals surface area contributed by atoms with Crippen molar-refractivity contribution in [2.45, 2.75) is 20.8 Å². The predicted octanol–water partition coefficient (Wildman–Crippen LogP) is 7.08. The van der Waals surface area contributed by atoms with Crippen LogP contribution in [0.1, 0.15) is 35.3 Å². The predicted molar refractivity (Wildman–Crippen MR) is 151 cm³/mol. The number of carbonyl (C=O) groups is 1. The van der Waals surface area contributed by atoms with Gasteiger partial charge in [0.2, 0.25) is 0 Å². The van der Waals surface area contributed by atoms with E-state index in [4.69, 9.17) is 21.1 Å². The van der Waals surface area contributed by atoms with E-state index >= 15 is 0 Å². The zero-order chi connectivity index (χ0) is 26.2. The molecule has 0 fully saturated rings. The highest BCUT2D eigenvalue weighted by molar-refractivity contribution is 7.14. The van der Waals surface area contributed by atoms with Crippen molar-refractivity contribution in [2.75, 3.05) is 18.5 Å². The normalized spacial score (nSPS) is 10.9. The molecule has 0 aliphatic rings. The average Bonchev–Trinajstić information content (AvgIpc) is 3.36. The van der Waals surface area contributed by atoms with Crippen LogP contribution in [0.25, 0.3) is 11.3 Å². The van der Waals surface area contributed by atoms with Crippen LogP contribution in [0, 0.1) is 6.92 Å². The number of aryl methyl sites for hydroxylation is 1. The number of benzene rings is 3. The smallest absolute Gasteiger partial charge is 0.271 e. The summed E-state index contributed by atoms with van der Waals surface area (Å²) in [6.07, 6.45) is 1.51. The molecule has 1 aromatic heterocycles. The minimum absolute atomic E-state index is 0.329. The number of ether oxygens (including phenoxy) is 2. The van der Waals surface area contributed by atoms with Gasteiger partial charge in [-0.05, 0) is 62.7 Å². The van der Waals surface area contributed by atoms with E-state index in [2.05, 4.69) is 39.9 Å². The van der Waals surface area contributed by atoms with Gasteiger partial charge < -0.3 is 14.8 Å². The SMILES string of the molecule is CCOc1cc(/C=N\NC(=O)c2ccc(-c3csc(Nc4ccc(C)cc4)n3)cc2)cc(Cl)c1OCC. The van der Waals surface area contributed by atoms with Crippen LogP contribution in [-0.4, -0.2) is 30.3 Å². The number of thiazole rings is 1. The van der Waals surface area contributed by atoms with Gasteiger partial charge in [-0.1, -0.05) is 41.4 Å². The lowest BCUT2D eigenvalue weighted by molar-refractivity contribution is 0.0955. The standard InChI is InChI=1S/C28H27ClN4O3S/c1-4-35-25-15-19(14-23(29)26(25)36-5-2)16-30-33-27(34)21-10-8-20(9-11-21)24-17-37-28(32-24)31-22-12-6-18(3)7-13-22/h6-17H,4-5H2,1-3H3,(H,31,32)(H,33,34)/b30-16-. The third-order valence-electron chi connectivity index (χ3n) is 5.25. The summed E-state index contributed by atoms with van der Waals surface area (Å²) in [6, 6.07) is 18.8. The number of nitrogens with zero attached hydrogens (tertiary/aromatic N) is 2. The van der Waals surface area contributed by atoms with Gasteiger partial charge in [0.1, 0.15) is 0 Å². The van der Waals surface area contributed by atoms with Crippen LogP contribution in [0.5, 0.6) is 11.5 Å². The van der Waals surface area contributed by atoms with Crippen LogP contribution < -0.4 is 20.2 Å². The number of anilines is 2. The maximum atomic E-state index is 12.6. The minimum atomic E-state index is -0.329. The topological polar surface area (TPSA) is 84.8 Å². The van der Waals surface area contributed by atoms with Gasteiger partial charge in [-0.2, -0.15) is 5.10 Å². The molecule has 0 aliphatic carbocycles. The monoisotopic (exact) mass is 534 g/mol. The second-order valence-electron chi connectivity index (χ2n) is 8.00. The molecule has 0 bridgehead atoms. The highest BCUT2D eigenvalue weighted by atomic mass is 35.5. The van der Waals surface area contributed by atoms with Crippen LogP contribution in [0.3, 0.4) is 0 Å². The van der Waals surface area contributed by atoms with Crippen molar-refractivity contribution in [3.8, 4) is 22.8 Å². The molecular weight excluding hydrogens is 508 g/mol. The van der Waals surface area contributed by atoms with E-state index in [0.29, 0.717) is 40.9 Å². The summed E-state index contributed by atoms with van der Waals surface area (Å²) in [5, 5.41) is 10.6. The van der Waals surface area contributed by atoms with Crippen molar-refractivity contribution in [1.82, 2.24) is 10.4 Å². The van der Waals surface area contributed by atoms with Gasteiger partial charge in [-0.25, -0.2) is 10.4 Å². The molecule has 7 nitrogen and oxygen atoms in total. The second kappa shape index (κ2) is 12.4. The molecule has 4 aromatic rings. The Kier molecular flexibility index (Phi) is 8.77. The Labute approximate surface area is 225 Å². The Morgan fingerprint density at radius 2 is 1.78 bits per heavy atom.